The predicted octanol–water partition coefficient (Wildman–Crippen LogP) is 3.35. The minimum atomic E-state index is -2.75. The van der Waals surface area contributed by atoms with Gasteiger partial charge in [0.2, 0.25) is 0 Å². The molecule has 0 amide bonds. The van der Waals surface area contributed by atoms with E-state index in [4.69, 9.17) is 13.9 Å². The molecule has 1 aliphatic rings. The normalized spacial score (nSPS) is 18.9. The summed E-state index contributed by atoms with van der Waals surface area (Å²) in [5, 5.41) is 2.15. The molecule has 0 saturated carbocycles. The van der Waals surface area contributed by atoms with Gasteiger partial charge in [0.1, 0.15) is 0 Å². The average molecular weight is 558 g/mol. The van der Waals surface area contributed by atoms with Crippen LogP contribution in [0.15, 0.2) is 81.4 Å². The maximum Gasteiger partial charge on any atom is 0.330 e. The number of benzene rings is 2. The van der Waals surface area contributed by atoms with E-state index in [1.807, 2.05) is 36.4 Å². The topological polar surface area (TPSA) is 82.5 Å². The van der Waals surface area contributed by atoms with Crippen molar-refractivity contribution in [1.82, 2.24) is 9.55 Å². The maximum absolute atomic E-state index is 12.4. The molecule has 2 heterocycles. The number of nitrogens with zero attached hydrogens (tertiary/aromatic N) is 1. The van der Waals surface area contributed by atoms with Crippen molar-refractivity contribution in [2.45, 2.75) is 38.3 Å². The highest BCUT2D eigenvalue weighted by Crippen LogP contribution is 2.37. The molecule has 9 heteroatoms. The summed E-state index contributed by atoms with van der Waals surface area (Å²) >= 11 is 3.16. The van der Waals surface area contributed by atoms with Crippen LogP contribution in [0.25, 0.3) is 6.08 Å². The maximum atomic E-state index is 12.4. The lowest BCUT2D eigenvalue weighted by atomic mass is 10.2. The third kappa shape index (κ3) is 5.19. The molecule has 0 unspecified atom stereocenters. The fourth-order valence-electron chi connectivity index (χ4n) is 4.53. The van der Waals surface area contributed by atoms with E-state index in [2.05, 4.69) is 66.0 Å². The van der Waals surface area contributed by atoms with Gasteiger partial charge in [-0.05, 0) is 26.5 Å². The van der Waals surface area contributed by atoms with Crippen LogP contribution in [-0.4, -0.2) is 37.4 Å². The summed E-state index contributed by atoms with van der Waals surface area (Å²) < 4.78 is 20.2. The van der Waals surface area contributed by atoms with Crippen molar-refractivity contribution in [3.8, 4) is 0 Å². The summed E-state index contributed by atoms with van der Waals surface area (Å²) in [5.74, 6) is 0. The predicted molar refractivity (Wildman–Crippen MR) is 143 cm³/mol. The van der Waals surface area contributed by atoms with Crippen molar-refractivity contribution in [3.63, 3.8) is 0 Å². The number of ether oxygens (including phenoxy) is 2. The van der Waals surface area contributed by atoms with Crippen LogP contribution in [0.2, 0.25) is 5.04 Å². The molecule has 0 bridgehead atoms. The highest BCUT2D eigenvalue weighted by molar-refractivity contribution is 9.11. The third-order valence-corrected chi connectivity index (χ3v) is 11.4. The highest BCUT2D eigenvalue weighted by atomic mass is 79.9. The van der Waals surface area contributed by atoms with Crippen LogP contribution in [-0.2, 0) is 13.9 Å². The van der Waals surface area contributed by atoms with Gasteiger partial charge in [-0.2, -0.15) is 0 Å². The summed E-state index contributed by atoms with van der Waals surface area (Å²) in [5.41, 5.74) is -0.687. The van der Waals surface area contributed by atoms with Crippen LogP contribution < -0.4 is 21.6 Å². The van der Waals surface area contributed by atoms with E-state index in [-0.39, 0.29) is 18.3 Å². The fourth-order valence-corrected chi connectivity index (χ4v) is 9.36. The first-order chi connectivity index (χ1) is 16.8. The minimum absolute atomic E-state index is 0.165. The lowest BCUT2D eigenvalue weighted by molar-refractivity contribution is -0.0956. The van der Waals surface area contributed by atoms with E-state index in [0.717, 1.165) is 10.4 Å². The second kappa shape index (κ2) is 10.6. The standard InChI is InChI=1S/C26H29BrN2O5Si/c1-26(2,3)35(20-10-6-4-7-11-20,21-12-8-5-9-13-21)33-18-23-32-17-22(34-23)29-16-19(14-15-27)24(30)28-25(29)31/h4-16,22-23H,17-18H2,1-3H3,(H,28,30,31)/b15-14+/t22-,23-/m1/s1. The number of hydrogen-bond donors (Lipinski definition) is 1. The van der Waals surface area contributed by atoms with Crippen molar-refractivity contribution in [2.24, 2.45) is 0 Å². The molecular formula is C26H29BrN2O5Si. The van der Waals surface area contributed by atoms with Crippen LogP contribution in [0.5, 0.6) is 0 Å². The molecule has 1 aliphatic heterocycles. The van der Waals surface area contributed by atoms with Crippen molar-refractivity contribution < 1.29 is 13.9 Å². The van der Waals surface area contributed by atoms with E-state index >= 15 is 0 Å². The number of rotatable bonds is 7. The first kappa shape index (κ1) is 25.5. The van der Waals surface area contributed by atoms with Crippen LogP contribution in [0.4, 0.5) is 0 Å². The quantitative estimate of drug-likeness (QED) is 0.451. The van der Waals surface area contributed by atoms with E-state index in [1.54, 1.807) is 11.1 Å². The third-order valence-electron chi connectivity index (χ3n) is 6.13. The summed E-state index contributed by atoms with van der Waals surface area (Å²) in [4.78, 5) is 28.3. The Kier molecular flexibility index (Phi) is 7.73. The zero-order valence-corrected chi connectivity index (χ0v) is 22.5. The second-order valence-electron chi connectivity index (χ2n) is 9.37. The Labute approximate surface area is 213 Å². The molecule has 3 aromatic rings. The van der Waals surface area contributed by atoms with Gasteiger partial charge < -0.3 is 13.9 Å². The molecule has 0 aliphatic carbocycles. The van der Waals surface area contributed by atoms with E-state index in [1.165, 1.54) is 10.8 Å². The lowest BCUT2D eigenvalue weighted by Crippen LogP contribution is -2.67. The summed E-state index contributed by atoms with van der Waals surface area (Å²) in [6.07, 6.45) is 1.71. The van der Waals surface area contributed by atoms with Gasteiger partial charge in [0.25, 0.3) is 13.9 Å². The molecule has 1 fully saturated rings. The number of H-pyrrole nitrogens is 1. The first-order valence-corrected chi connectivity index (χ1v) is 14.2. The number of aromatic amines is 1. The Morgan fingerprint density at radius 2 is 1.69 bits per heavy atom. The Hall–Kier alpha value is -2.56. The second-order valence-corrected chi connectivity index (χ2v) is 14.2. The molecule has 4 rings (SSSR count). The van der Waals surface area contributed by atoms with Gasteiger partial charge in [0.15, 0.2) is 12.5 Å². The van der Waals surface area contributed by atoms with Crippen LogP contribution in [0.3, 0.4) is 0 Å². The van der Waals surface area contributed by atoms with E-state index in [9.17, 15) is 9.59 Å². The van der Waals surface area contributed by atoms with E-state index in [0.29, 0.717) is 5.56 Å². The zero-order chi connectivity index (χ0) is 25.1. The molecule has 1 N–H and O–H groups in total. The molecule has 0 spiro atoms. The van der Waals surface area contributed by atoms with Gasteiger partial charge in [0.05, 0.1) is 18.8 Å². The van der Waals surface area contributed by atoms with Gasteiger partial charge in [-0.1, -0.05) is 97.4 Å². The largest absolute Gasteiger partial charge is 0.402 e. The first-order valence-electron chi connectivity index (χ1n) is 11.4. The Morgan fingerprint density at radius 1 is 1.09 bits per heavy atom. The molecule has 184 valence electrons. The summed E-state index contributed by atoms with van der Waals surface area (Å²) in [7, 11) is -2.75. The number of halogens is 1. The summed E-state index contributed by atoms with van der Waals surface area (Å²) in [6.45, 7) is 6.99. The smallest absolute Gasteiger partial charge is 0.330 e. The van der Waals surface area contributed by atoms with Crippen molar-refractivity contribution in [1.29, 1.82) is 0 Å². The monoisotopic (exact) mass is 556 g/mol. The molecule has 0 radical (unpaired) electrons. The minimum Gasteiger partial charge on any atom is -0.402 e. The van der Waals surface area contributed by atoms with E-state index < -0.39 is 32.1 Å². The van der Waals surface area contributed by atoms with Crippen LogP contribution in [0.1, 0.15) is 32.6 Å². The van der Waals surface area contributed by atoms with Crippen LogP contribution in [0, 0.1) is 0 Å². The lowest BCUT2D eigenvalue weighted by Gasteiger charge is -2.43. The number of nitrogens with one attached hydrogen (secondary N) is 1. The van der Waals surface area contributed by atoms with Gasteiger partial charge in [0, 0.05) is 6.20 Å². The fraction of sp³-hybridized carbons (Fsp3) is 0.308. The molecule has 35 heavy (non-hydrogen) atoms. The Bertz CT molecular complexity index is 1250. The van der Waals surface area contributed by atoms with Crippen molar-refractivity contribution >= 4 is 40.7 Å². The van der Waals surface area contributed by atoms with Crippen molar-refractivity contribution in [2.75, 3.05) is 13.2 Å². The summed E-state index contributed by atoms with van der Waals surface area (Å²) in [6, 6.07) is 20.7. The average Bonchev–Trinajstić information content (AvgIpc) is 3.30. The van der Waals surface area contributed by atoms with Gasteiger partial charge in [-0.15, -0.1) is 0 Å². The highest BCUT2D eigenvalue weighted by Gasteiger charge is 2.50. The molecule has 2 aromatic carbocycles. The molecule has 2 atom stereocenters. The van der Waals surface area contributed by atoms with Crippen molar-refractivity contribution in [3.05, 3.63) is 98.2 Å². The van der Waals surface area contributed by atoms with Gasteiger partial charge in [-0.3, -0.25) is 14.3 Å². The SMILES string of the molecule is CC(C)(C)[Si](OC[C@@H]1OC[C@H](n2cc(/C=C/Br)c(=O)[nH]c2=O)O1)(c1ccccc1)c1ccccc1. The Morgan fingerprint density at radius 3 is 2.23 bits per heavy atom. The van der Waals surface area contributed by atoms with Gasteiger partial charge >= 0.3 is 5.69 Å². The number of aromatic nitrogens is 2. The molecule has 7 nitrogen and oxygen atoms in total. The van der Waals surface area contributed by atoms with Gasteiger partial charge in [-0.25, -0.2) is 4.79 Å². The molecule has 1 saturated heterocycles. The Balaban J connectivity index is 1.61. The van der Waals surface area contributed by atoms with Crippen LogP contribution >= 0.6 is 15.9 Å². The molecular weight excluding hydrogens is 528 g/mol. The number of hydrogen-bond acceptors (Lipinski definition) is 5. The molecule has 1 aromatic heterocycles. The zero-order valence-electron chi connectivity index (χ0n) is 19.9.